The summed E-state index contributed by atoms with van der Waals surface area (Å²) in [6, 6.07) is 9.70. The first kappa shape index (κ1) is 11.0. The monoisotopic (exact) mass is 219 g/mol. The third-order valence-electron chi connectivity index (χ3n) is 2.67. The molecule has 1 N–H and O–H groups in total. The zero-order valence-corrected chi connectivity index (χ0v) is 8.76. The van der Waals surface area contributed by atoms with Crippen LogP contribution in [0.25, 0.3) is 0 Å². The highest BCUT2D eigenvalue weighted by Gasteiger charge is 2.33. The van der Waals surface area contributed by atoms with E-state index in [1.54, 1.807) is 0 Å². The van der Waals surface area contributed by atoms with E-state index >= 15 is 0 Å². The summed E-state index contributed by atoms with van der Waals surface area (Å²) < 4.78 is 5.20. The Morgan fingerprint density at radius 1 is 1.44 bits per heavy atom. The molecule has 0 saturated carbocycles. The van der Waals surface area contributed by atoms with E-state index in [-0.39, 0.29) is 6.04 Å². The number of Topliss-reactive ketones (excluding diaryl/α,β-unsaturated/α-hetero) is 1. The predicted octanol–water partition coefficient (Wildman–Crippen LogP) is 0.312. The Hall–Kier alpha value is -1.52. The van der Waals surface area contributed by atoms with Crippen LogP contribution in [-0.2, 0) is 20.7 Å². The average Bonchev–Trinajstić information content (AvgIpc) is 2.77. The van der Waals surface area contributed by atoms with Crippen molar-refractivity contribution in [2.24, 2.45) is 0 Å². The van der Waals surface area contributed by atoms with Crippen LogP contribution >= 0.6 is 0 Å². The Morgan fingerprint density at radius 2 is 2.19 bits per heavy atom. The van der Waals surface area contributed by atoms with Gasteiger partial charge in [-0.15, -0.1) is 0 Å². The van der Waals surface area contributed by atoms with Crippen LogP contribution in [-0.4, -0.2) is 30.9 Å². The Kier molecular flexibility index (Phi) is 3.44. The standard InChI is InChI=1S/C12H13NO3/c14-7-11(15)12-10(13-8-16-12)6-9-4-2-1-3-5-9/h1-5,7,10,12-13H,6,8H2. The van der Waals surface area contributed by atoms with Crippen LogP contribution in [0.2, 0.25) is 0 Å². The Balaban J connectivity index is 2.04. The van der Waals surface area contributed by atoms with E-state index in [1.165, 1.54) is 0 Å². The summed E-state index contributed by atoms with van der Waals surface area (Å²) in [7, 11) is 0. The number of ether oxygens (including phenoxy) is 1. The number of carbonyl (C=O) groups excluding carboxylic acids is 2. The van der Waals surface area contributed by atoms with Gasteiger partial charge in [0.1, 0.15) is 6.10 Å². The van der Waals surface area contributed by atoms with Crippen LogP contribution in [0.15, 0.2) is 30.3 Å². The molecule has 4 heteroatoms. The van der Waals surface area contributed by atoms with Crippen LogP contribution in [0.5, 0.6) is 0 Å². The van der Waals surface area contributed by atoms with Crippen molar-refractivity contribution in [2.45, 2.75) is 18.6 Å². The minimum Gasteiger partial charge on any atom is -0.353 e. The first-order valence-corrected chi connectivity index (χ1v) is 5.19. The first-order valence-electron chi connectivity index (χ1n) is 5.19. The number of benzene rings is 1. The molecule has 2 atom stereocenters. The van der Waals surface area contributed by atoms with Crippen molar-refractivity contribution in [3.8, 4) is 0 Å². The smallest absolute Gasteiger partial charge is 0.225 e. The van der Waals surface area contributed by atoms with Gasteiger partial charge in [-0.25, -0.2) is 0 Å². The number of rotatable bonds is 4. The summed E-state index contributed by atoms with van der Waals surface area (Å²) in [4.78, 5) is 21.7. The number of hydrogen-bond donors (Lipinski definition) is 1. The molecule has 1 aromatic carbocycles. The van der Waals surface area contributed by atoms with E-state index in [2.05, 4.69) is 5.32 Å². The van der Waals surface area contributed by atoms with Gasteiger partial charge in [-0.2, -0.15) is 0 Å². The second kappa shape index (κ2) is 5.01. The summed E-state index contributed by atoms with van der Waals surface area (Å²) in [6.45, 7) is 0.321. The van der Waals surface area contributed by atoms with Gasteiger partial charge in [-0.05, 0) is 12.0 Å². The fourth-order valence-electron chi connectivity index (χ4n) is 1.86. The van der Waals surface area contributed by atoms with E-state index < -0.39 is 11.9 Å². The lowest BCUT2D eigenvalue weighted by atomic mass is 10.00. The Morgan fingerprint density at radius 3 is 2.88 bits per heavy atom. The zero-order chi connectivity index (χ0) is 11.4. The number of aldehydes is 1. The molecule has 0 amide bonds. The maximum atomic E-state index is 11.3. The van der Waals surface area contributed by atoms with Crippen LogP contribution in [0.1, 0.15) is 5.56 Å². The summed E-state index contributed by atoms with van der Waals surface area (Å²) in [5.41, 5.74) is 1.12. The highest BCUT2D eigenvalue weighted by Crippen LogP contribution is 2.13. The molecule has 0 radical (unpaired) electrons. The molecule has 4 nitrogen and oxygen atoms in total. The van der Waals surface area contributed by atoms with Crippen molar-refractivity contribution in [1.82, 2.24) is 5.32 Å². The van der Waals surface area contributed by atoms with Gasteiger partial charge in [0.05, 0.1) is 6.73 Å². The summed E-state index contributed by atoms with van der Waals surface area (Å²) >= 11 is 0. The molecule has 1 fully saturated rings. The molecule has 1 saturated heterocycles. The Labute approximate surface area is 93.6 Å². The molecule has 1 aromatic rings. The summed E-state index contributed by atoms with van der Waals surface area (Å²) in [6.07, 6.45) is 0.374. The highest BCUT2D eigenvalue weighted by atomic mass is 16.5. The van der Waals surface area contributed by atoms with Gasteiger partial charge in [0.25, 0.3) is 0 Å². The molecule has 84 valence electrons. The molecule has 1 heterocycles. The SMILES string of the molecule is O=CC(=O)C1OCNC1Cc1ccccc1. The molecule has 16 heavy (non-hydrogen) atoms. The molecule has 0 bridgehead atoms. The maximum Gasteiger partial charge on any atom is 0.225 e. The van der Waals surface area contributed by atoms with Gasteiger partial charge >= 0.3 is 0 Å². The predicted molar refractivity (Wildman–Crippen MR) is 57.9 cm³/mol. The first-order chi connectivity index (χ1) is 7.81. The molecular weight excluding hydrogens is 206 g/mol. The van der Waals surface area contributed by atoms with Gasteiger partial charge in [0, 0.05) is 6.04 Å². The molecule has 2 unspecified atom stereocenters. The molecule has 1 aliphatic rings. The van der Waals surface area contributed by atoms with Crippen LogP contribution < -0.4 is 5.32 Å². The molecule has 0 spiro atoms. The van der Waals surface area contributed by atoms with Gasteiger partial charge < -0.3 is 4.74 Å². The Bertz CT molecular complexity index is 377. The normalized spacial score (nSPS) is 24.2. The fourth-order valence-corrected chi connectivity index (χ4v) is 1.86. The van der Waals surface area contributed by atoms with E-state index in [4.69, 9.17) is 4.74 Å². The van der Waals surface area contributed by atoms with Gasteiger partial charge in [0.15, 0.2) is 6.29 Å². The lowest BCUT2D eigenvalue weighted by Crippen LogP contribution is -2.38. The maximum absolute atomic E-state index is 11.3. The molecule has 1 aliphatic heterocycles. The largest absolute Gasteiger partial charge is 0.353 e. The third-order valence-corrected chi connectivity index (χ3v) is 2.67. The molecule has 0 aliphatic carbocycles. The fraction of sp³-hybridized carbons (Fsp3) is 0.333. The number of ketones is 1. The number of hydrogen-bond acceptors (Lipinski definition) is 4. The van der Waals surface area contributed by atoms with Gasteiger partial charge in [-0.1, -0.05) is 30.3 Å². The summed E-state index contributed by atoms with van der Waals surface area (Å²) in [5.74, 6) is -0.495. The van der Waals surface area contributed by atoms with Crippen molar-refractivity contribution in [2.75, 3.05) is 6.73 Å². The molecular formula is C12H13NO3. The minimum atomic E-state index is -0.641. The molecule has 2 rings (SSSR count). The minimum absolute atomic E-state index is 0.111. The van der Waals surface area contributed by atoms with E-state index in [0.717, 1.165) is 5.56 Å². The van der Waals surface area contributed by atoms with E-state index in [9.17, 15) is 9.59 Å². The van der Waals surface area contributed by atoms with Gasteiger partial charge in [0.2, 0.25) is 5.78 Å². The zero-order valence-electron chi connectivity index (χ0n) is 8.76. The topological polar surface area (TPSA) is 55.4 Å². The van der Waals surface area contributed by atoms with Crippen LogP contribution in [0.3, 0.4) is 0 Å². The molecule has 0 aromatic heterocycles. The number of carbonyl (C=O) groups is 2. The quantitative estimate of drug-likeness (QED) is 0.585. The van der Waals surface area contributed by atoms with Crippen LogP contribution in [0.4, 0.5) is 0 Å². The van der Waals surface area contributed by atoms with Crippen molar-refractivity contribution in [1.29, 1.82) is 0 Å². The van der Waals surface area contributed by atoms with E-state index in [0.29, 0.717) is 19.4 Å². The van der Waals surface area contributed by atoms with E-state index in [1.807, 2.05) is 30.3 Å². The van der Waals surface area contributed by atoms with Gasteiger partial charge in [-0.3, -0.25) is 14.9 Å². The van der Waals surface area contributed by atoms with Crippen molar-refractivity contribution in [3.05, 3.63) is 35.9 Å². The lowest BCUT2D eigenvalue weighted by molar-refractivity contribution is -0.136. The highest BCUT2D eigenvalue weighted by molar-refractivity contribution is 6.27. The lowest BCUT2D eigenvalue weighted by Gasteiger charge is -2.14. The average molecular weight is 219 g/mol. The third kappa shape index (κ3) is 2.35. The number of nitrogens with one attached hydrogen (secondary N) is 1. The van der Waals surface area contributed by atoms with Crippen molar-refractivity contribution >= 4 is 12.1 Å². The second-order valence-corrected chi connectivity index (χ2v) is 3.75. The summed E-state index contributed by atoms with van der Waals surface area (Å²) in [5, 5.41) is 3.07. The van der Waals surface area contributed by atoms with Crippen LogP contribution in [0, 0.1) is 0 Å². The van der Waals surface area contributed by atoms with Crippen molar-refractivity contribution in [3.63, 3.8) is 0 Å². The van der Waals surface area contributed by atoms with Crippen molar-refractivity contribution < 1.29 is 14.3 Å². The second-order valence-electron chi connectivity index (χ2n) is 3.75.